The van der Waals surface area contributed by atoms with Crippen molar-refractivity contribution < 1.29 is 14.3 Å². The van der Waals surface area contributed by atoms with E-state index < -0.39 is 0 Å². The van der Waals surface area contributed by atoms with Crippen molar-refractivity contribution in [1.29, 1.82) is 0 Å². The van der Waals surface area contributed by atoms with Crippen molar-refractivity contribution in [2.45, 2.75) is 33.1 Å². The molecule has 1 unspecified atom stereocenters. The van der Waals surface area contributed by atoms with E-state index in [1.807, 2.05) is 25.1 Å². The molecule has 1 amide bonds. The van der Waals surface area contributed by atoms with Gasteiger partial charge in [0.1, 0.15) is 11.9 Å². The molecule has 6 heteroatoms. The average Bonchev–Trinajstić information content (AvgIpc) is 3.10. The van der Waals surface area contributed by atoms with Gasteiger partial charge in [-0.25, -0.2) is 9.78 Å². The quantitative estimate of drug-likeness (QED) is 0.602. The Balaban J connectivity index is 1.75. The van der Waals surface area contributed by atoms with Crippen LogP contribution < -0.4 is 0 Å². The van der Waals surface area contributed by atoms with Gasteiger partial charge in [0.15, 0.2) is 0 Å². The first-order valence-corrected chi connectivity index (χ1v) is 10.4. The van der Waals surface area contributed by atoms with E-state index in [1.165, 1.54) is 7.11 Å². The molecular formula is C24H27N3O3. The SMILES string of the molecule is COC(=O)N1CCCC(Cc2c(-c3ccc(C=O)cc3C)nc3cc(C)ccn23)C1. The fourth-order valence-corrected chi connectivity index (χ4v) is 4.43. The summed E-state index contributed by atoms with van der Waals surface area (Å²) in [5.74, 6) is 0.340. The lowest BCUT2D eigenvalue weighted by molar-refractivity contribution is 0.102. The van der Waals surface area contributed by atoms with Gasteiger partial charge in [-0.2, -0.15) is 0 Å². The largest absolute Gasteiger partial charge is 0.453 e. The number of aryl methyl sites for hydroxylation is 2. The number of fused-ring (bicyclic) bond motifs is 1. The van der Waals surface area contributed by atoms with E-state index in [-0.39, 0.29) is 6.09 Å². The average molecular weight is 405 g/mol. The van der Waals surface area contributed by atoms with E-state index in [0.29, 0.717) is 18.0 Å². The fraction of sp³-hybridized carbons (Fsp3) is 0.375. The number of hydrogen-bond donors (Lipinski definition) is 0. The van der Waals surface area contributed by atoms with Gasteiger partial charge in [-0.3, -0.25) is 4.79 Å². The number of likely N-dealkylation sites (tertiary alicyclic amines) is 1. The molecule has 1 aliphatic heterocycles. The first kappa shape index (κ1) is 20.1. The monoisotopic (exact) mass is 405 g/mol. The maximum Gasteiger partial charge on any atom is 0.409 e. The molecule has 3 heterocycles. The summed E-state index contributed by atoms with van der Waals surface area (Å²) in [6.45, 7) is 5.51. The van der Waals surface area contributed by atoms with Crippen LogP contribution in [0.4, 0.5) is 4.79 Å². The van der Waals surface area contributed by atoms with E-state index in [0.717, 1.165) is 65.8 Å². The number of methoxy groups -OCH3 is 1. The number of pyridine rings is 1. The molecule has 4 rings (SSSR count). The first-order valence-electron chi connectivity index (χ1n) is 10.4. The molecule has 0 saturated carbocycles. The standard InChI is InChI=1S/C24H27N3O3/c1-16-8-10-27-21(13-18-5-4-9-26(14-18)24(29)30-3)23(25-22(27)11-16)20-7-6-19(15-28)12-17(20)2/h6-8,10-12,15,18H,4-5,9,13-14H2,1-3H3. The highest BCUT2D eigenvalue weighted by Gasteiger charge is 2.27. The Bertz CT molecular complexity index is 1100. The number of aldehydes is 1. The van der Waals surface area contributed by atoms with Crippen molar-refractivity contribution in [1.82, 2.24) is 14.3 Å². The van der Waals surface area contributed by atoms with Crippen molar-refractivity contribution in [3.8, 4) is 11.3 Å². The second-order valence-corrected chi connectivity index (χ2v) is 8.16. The second-order valence-electron chi connectivity index (χ2n) is 8.16. The summed E-state index contributed by atoms with van der Waals surface area (Å²) in [5, 5.41) is 0. The normalized spacial score (nSPS) is 16.6. The molecule has 6 nitrogen and oxygen atoms in total. The van der Waals surface area contributed by atoms with Gasteiger partial charge in [0.25, 0.3) is 0 Å². The van der Waals surface area contributed by atoms with Crippen molar-refractivity contribution in [3.05, 3.63) is 58.9 Å². The van der Waals surface area contributed by atoms with Gasteiger partial charge >= 0.3 is 6.09 Å². The summed E-state index contributed by atoms with van der Waals surface area (Å²) >= 11 is 0. The number of rotatable bonds is 4. The minimum atomic E-state index is -0.256. The van der Waals surface area contributed by atoms with Crippen LogP contribution in [0.5, 0.6) is 0 Å². The number of ether oxygens (including phenoxy) is 1. The Kier molecular flexibility index (Phi) is 5.57. The number of aromatic nitrogens is 2. The van der Waals surface area contributed by atoms with E-state index in [2.05, 4.69) is 29.7 Å². The molecule has 1 saturated heterocycles. The highest BCUT2D eigenvalue weighted by Crippen LogP contribution is 2.31. The Morgan fingerprint density at radius 3 is 2.83 bits per heavy atom. The number of carbonyl (C=O) groups is 2. The lowest BCUT2D eigenvalue weighted by Crippen LogP contribution is -2.40. The number of benzene rings is 1. The molecule has 0 radical (unpaired) electrons. The minimum Gasteiger partial charge on any atom is -0.453 e. The summed E-state index contributed by atoms with van der Waals surface area (Å²) in [6, 6.07) is 9.91. The Morgan fingerprint density at radius 2 is 2.10 bits per heavy atom. The van der Waals surface area contributed by atoms with Crippen molar-refractivity contribution in [2.75, 3.05) is 20.2 Å². The maximum absolute atomic E-state index is 12.0. The van der Waals surface area contributed by atoms with Crippen molar-refractivity contribution in [2.24, 2.45) is 5.92 Å². The second kappa shape index (κ2) is 8.30. The van der Waals surface area contributed by atoms with Crippen LogP contribution in [0, 0.1) is 19.8 Å². The van der Waals surface area contributed by atoms with Gasteiger partial charge in [-0.1, -0.05) is 12.1 Å². The van der Waals surface area contributed by atoms with Crippen LogP contribution in [0.3, 0.4) is 0 Å². The molecule has 0 bridgehead atoms. The van der Waals surface area contributed by atoms with E-state index >= 15 is 0 Å². The summed E-state index contributed by atoms with van der Waals surface area (Å²) in [5.41, 5.74) is 6.90. The van der Waals surface area contributed by atoms with Crippen LogP contribution in [0.25, 0.3) is 16.9 Å². The number of hydrogen-bond acceptors (Lipinski definition) is 4. The lowest BCUT2D eigenvalue weighted by Gasteiger charge is -2.31. The number of imidazole rings is 1. The van der Waals surface area contributed by atoms with Gasteiger partial charge in [0.05, 0.1) is 18.5 Å². The number of nitrogens with zero attached hydrogens (tertiary/aromatic N) is 3. The van der Waals surface area contributed by atoms with Gasteiger partial charge in [0.2, 0.25) is 0 Å². The topological polar surface area (TPSA) is 63.9 Å². The van der Waals surface area contributed by atoms with Crippen molar-refractivity contribution in [3.63, 3.8) is 0 Å². The summed E-state index contributed by atoms with van der Waals surface area (Å²) in [7, 11) is 1.43. The lowest BCUT2D eigenvalue weighted by atomic mass is 9.91. The zero-order valence-electron chi connectivity index (χ0n) is 17.7. The molecule has 0 spiro atoms. The maximum atomic E-state index is 12.0. The molecule has 1 aromatic carbocycles. The smallest absolute Gasteiger partial charge is 0.409 e. The zero-order valence-corrected chi connectivity index (χ0v) is 17.7. The predicted molar refractivity (Wildman–Crippen MR) is 116 cm³/mol. The predicted octanol–water partition coefficient (Wildman–Crippen LogP) is 4.45. The molecule has 2 aromatic heterocycles. The van der Waals surface area contributed by atoms with Crippen LogP contribution >= 0.6 is 0 Å². The van der Waals surface area contributed by atoms with E-state index in [1.54, 1.807) is 4.90 Å². The first-order chi connectivity index (χ1) is 14.5. The molecule has 0 aliphatic carbocycles. The number of amides is 1. The Labute approximate surface area is 176 Å². The third-order valence-corrected chi connectivity index (χ3v) is 5.96. The number of carbonyl (C=O) groups excluding carboxylic acids is 2. The van der Waals surface area contributed by atoms with Crippen LogP contribution in [0.2, 0.25) is 0 Å². The van der Waals surface area contributed by atoms with Gasteiger partial charge in [0, 0.05) is 30.4 Å². The van der Waals surface area contributed by atoms with E-state index in [9.17, 15) is 9.59 Å². The van der Waals surface area contributed by atoms with E-state index in [4.69, 9.17) is 9.72 Å². The van der Waals surface area contributed by atoms with Gasteiger partial charge in [-0.05, 0) is 68.4 Å². The molecule has 1 aliphatic rings. The molecule has 3 aromatic rings. The van der Waals surface area contributed by atoms with Gasteiger partial charge in [-0.15, -0.1) is 0 Å². The van der Waals surface area contributed by atoms with Crippen molar-refractivity contribution >= 4 is 18.0 Å². The highest BCUT2D eigenvalue weighted by atomic mass is 16.5. The minimum absolute atomic E-state index is 0.256. The number of piperidine rings is 1. The third-order valence-electron chi connectivity index (χ3n) is 5.96. The van der Waals surface area contributed by atoms with Crippen LogP contribution in [-0.2, 0) is 11.2 Å². The van der Waals surface area contributed by atoms with Crippen LogP contribution in [0.15, 0.2) is 36.5 Å². The summed E-state index contributed by atoms with van der Waals surface area (Å²) in [4.78, 5) is 29.9. The molecule has 1 atom stereocenters. The molecular weight excluding hydrogens is 378 g/mol. The Morgan fingerprint density at radius 1 is 1.27 bits per heavy atom. The molecule has 0 N–H and O–H groups in total. The van der Waals surface area contributed by atoms with Crippen LogP contribution in [-0.4, -0.2) is 46.9 Å². The third kappa shape index (κ3) is 3.82. The molecule has 1 fully saturated rings. The fourth-order valence-electron chi connectivity index (χ4n) is 4.43. The zero-order chi connectivity index (χ0) is 21.3. The van der Waals surface area contributed by atoms with Crippen LogP contribution in [0.1, 0.15) is 40.0 Å². The molecule has 156 valence electrons. The Hall–Kier alpha value is -3.15. The highest BCUT2D eigenvalue weighted by molar-refractivity contribution is 5.79. The summed E-state index contributed by atoms with van der Waals surface area (Å²) in [6.07, 6.45) is 5.55. The molecule has 30 heavy (non-hydrogen) atoms. The van der Waals surface area contributed by atoms with Gasteiger partial charge < -0.3 is 14.0 Å². The summed E-state index contributed by atoms with van der Waals surface area (Å²) < 4.78 is 7.09.